The molecule has 23 heavy (non-hydrogen) atoms. The van der Waals surface area contributed by atoms with Gasteiger partial charge in [0.1, 0.15) is 12.4 Å². The molecule has 1 amide bonds. The molecule has 0 saturated carbocycles. The molecule has 3 rings (SSSR count). The summed E-state index contributed by atoms with van der Waals surface area (Å²) in [4.78, 5) is 11.9. The van der Waals surface area contributed by atoms with Crippen LogP contribution in [0.3, 0.4) is 0 Å². The van der Waals surface area contributed by atoms with Gasteiger partial charge in [0.15, 0.2) is 0 Å². The first-order valence-electron chi connectivity index (χ1n) is 8.01. The maximum atomic E-state index is 11.9. The van der Waals surface area contributed by atoms with E-state index in [2.05, 4.69) is 28.8 Å². The van der Waals surface area contributed by atoms with Crippen molar-refractivity contribution in [1.29, 1.82) is 0 Å². The number of hydrogen-bond donors (Lipinski definition) is 2. The second-order valence-electron chi connectivity index (χ2n) is 5.64. The lowest BCUT2D eigenvalue weighted by Crippen LogP contribution is -2.41. The predicted octanol–water partition coefficient (Wildman–Crippen LogP) is 2.43. The molecule has 5 heteroatoms. The molecule has 1 aliphatic rings. The molecule has 2 aromatic carbocycles. The van der Waals surface area contributed by atoms with Crippen molar-refractivity contribution in [2.75, 3.05) is 31.2 Å². The Morgan fingerprint density at radius 1 is 1.26 bits per heavy atom. The Morgan fingerprint density at radius 3 is 2.96 bits per heavy atom. The fourth-order valence-electron chi connectivity index (χ4n) is 2.66. The summed E-state index contributed by atoms with van der Waals surface area (Å²) in [6, 6.07) is 14.5. The fourth-order valence-corrected chi connectivity index (χ4v) is 3.61. The van der Waals surface area contributed by atoms with Crippen LogP contribution in [0.4, 0.5) is 0 Å². The SMILES string of the molecule is O=C(CC1CSCCN1)NCCOc1ccc2ccccc2c1. The van der Waals surface area contributed by atoms with Crippen LogP contribution in [0.1, 0.15) is 6.42 Å². The molecule has 2 aromatic rings. The molecule has 0 aromatic heterocycles. The van der Waals surface area contributed by atoms with Gasteiger partial charge in [-0.05, 0) is 22.9 Å². The largest absolute Gasteiger partial charge is 0.492 e. The van der Waals surface area contributed by atoms with E-state index in [1.165, 1.54) is 5.39 Å². The van der Waals surface area contributed by atoms with E-state index in [9.17, 15) is 4.79 Å². The Hall–Kier alpha value is -1.72. The Labute approximate surface area is 141 Å². The first kappa shape index (κ1) is 16.1. The maximum Gasteiger partial charge on any atom is 0.221 e. The number of carbonyl (C=O) groups is 1. The lowest BCUT2D eigenvalue weighted by molar-refractivity contribution is -0.121. The average molecular weight is 330 g/mol. The summed E-state index contributed by atoms with van der Waals surface area (Å²) in [6.07, 6.45) is 0.545. The van der Waals surface area contributed by atoms with Crippen molar-refractivity contribution in [3.8, 4) is 5.75 Å². The molecule has 0 radical (unpaired) electrons. The molecule has 1 heterocycles. The van der Waals surface area contributed by atoms with Gasteiger partial charge in [-0.3, -0.25) is 4.79 Å². The molecule has 1 unspecified atom stereocenters. The van der Waals surface area contributed by atoms with Gasteiger partial charge in [0.05, 0.1) is 6.54 Å². The molecular formula is C18H22N2O2S. The van der Waals surface area contributed by atoms with Crippen LogP contribution in [0.2, 0.25) is 0 Å². The molecule has 122 valence electrons. The summed E-state index contributed by atoms with van der Waals surface area (Å²) < 4.78 is 5.72. The third kappa shape index (κ3) is 4.88. The molecule has 1 saturated heterocycles. The van der Waals surface area contributed by atoms with Crippen LogP contribution < -0.4 is 15.4 Å². The molecule has 0 aliphatic carbocycles. The van der Waals surface area contributed by atoms with Gasteiger partial charge < -0.3 is 15.4 Å². The monoisotopic (exact) mass is 330 g/mol. The number of nitrogens with one attached hydrogen (secondary N) is 2. The predicted molar refractivity (Wildman–Crippen MR) is 96.2 cm³/mol. The van der Waals surface area contributed by atoms with Crippen molar-refractivity contribution in [3.05, 3.63) is 42.5 Å². The molecule has 1 fully saturated rings. The van der Waals surface area contributed by atoms with E-state index in [1.807, 2.05) is 36.0 Å². The highest BCUT2D eigenvalue weighted by molar-refractivity contribution is 7.99. The van der Waals surface area contributed by atoms with Crippen LogP contribution in [0.5, 0.6) is 5.75 Å². The topological polar surface area (TPSA) is 50.4 Å². The minimum atomic E-state index is 0.0899. The summed E-state index contributed by atoms with van der Waals surface area (Å²) in [7, 11) is 0. The highest BCUT2D eigenvalue weighted by Crippen LogP contribution is 2.20. The zero-order valence-corrected chi connectivity index (χ0v) is 13.9. The van der Waals surface area contributed by atoms with Crippen molar-refractivity contribution in [3.63, 3.8) is 0 Å². The standard InChI is InChI=1S/C18H22N2O2S/c21-18(12-16-13-23-10-8-19-16)20-7-9-22-17-6-5-14-3-1-2-4-15(14)11-17/h1-6,11,16,19H,7-10,12-13H2,(H,20,21). The van der Waals surface area contributed by atoms with Crippen LogP contribution >= 0.6 is 11.8 Å². The number of carbonyl (C=O) groups excluding carboxylic acids is 1. The minimum Gasteiger partial charge on any atom is -0.492 e. The van der Waals surface area contributed by atoms with Crippen molar-refractivity contribution in [1.82, 2.24) is 10.6 Å². The third-order valence-electron chi connectivity index (χ3n) is 3.84. The van der Waals surface area contributed by atoms with Crippen LogP contribution in [0.15, 0.2) is 42.5 Å². The molecule has 0 bridgehead atoms. The number of rotatable bonds is 6. The summed E-state index contributed by atoms with van der Waals surface area (Å²) in [5.41, 5.74) is 0. The maximum absolute atomic E-state index is 11.9. The first-order valence-corrected chi connectivity index (χ1v) is 9.16. The Bertz CT molecular complexity index is 656. The van der Waals surface area contributed by atoms with Gasteiger partial charge in [0.2, 0.25) is 5.91 Å². The highest BCUT2D eigenvalue weighted by atomic mass is 32.2. The van der Waals surface area contributed by atoms with Crippen LogP contribution in [-0.4, -0.2) is 43.2 Å². The average Bonchev–Trinajstić information content (AvgIpc) is 2.59. The molecule has 1 aliphatic heterocycles. The smallest absolute Gasteiger partial charge is 0.221 e. The highest BCUT2D eigenvalue weighted by Gasteiger charge is 2.16. The molecule has 1 atom stereocenters. The van der Waals surface area contributed by atoms with E-state index in [0.29, 0.717) is 25.6 Å². The summed E-state index contributed by atoms with van der Waals surface area (Å²) in [6.45, 7) is 2.01. The van der Waals surface area contributed by atoms with Gasteiger partial charge in [-0.1, -0.05) is 30.3 Å². The number of ether oxygens (including phenoxy) is 1. The number of hydrogen-bond acceptors (Lipinski definition) is 4. The van der Waals surface area contributed by atoms with Crippen molar-refractivity contribution in [2.24, 2.45) is 0 Å². The van der Waals surface area contributed by atoms with Crippen LogP contribution in [-0.2, 0) is 4.79 Å². The lowest BCUT2D eigenvalue weighted by Gasteiger charge is -2.22. The minimum absolute atomic E-state index is 0.0899. The molecule has 2 N–H and O–H groups in total. The Morgan fingerprint density at radius 2 is 2.13 bits per heavy atom. The quantitative estimate of drug-likeness (QED) is 0.799. The summed E-state index contributed by atoms with van der Waals surface area (Å²) in [5.74, 6) is 3.08. The van der Waals surface area contributed by atoms with E-state index in [-0.39, 0.29) is 5.91 Å². The van der Waals surface area contributed by atoms with Crippen molar-refractivity contribution in [2.45, 2.75) is 12.5 Å². The van der Waals surface area contributed by atoms with Crippen LogP contribution in [0.25, 0.3) is 10.8 Å². The lowest BCUT2D eigenvalue weighted by atomic mass is 10.1. The van der Waals surface area contributed by atoms with Gasteiger partial charge in [-0.2, -0.15) is 11.8 Å². The normalized spacial score (nSPS) is 17.8. The zero-order chi connectivity index (χ0) is 15.9. The molecule has 4 nitrogen and oxygen atoms in total. The van der Waals surface area contributed by atoms with E-state index in [1.54, 1.807) is 0 Å². The van der Waals surface area contributed by atoms with E-state index in [4.69, 9.17) is 4.74 Å². The van der Waals surface area contributed by atoms with Gasteiger partial charge in [-0.25, -0.2) is 0 Å². The van der Waals surface area contributed by atoms with Crippen molar-refractivity contribution >= 4 is 28.4 Å². The van der Waals surface area contributed by atoms with Crippen LogP contribution in [0, 0.1) is 0 Å². The fraction of sp³-hybridized carbons (Fsp3) is 0.389. The number of benzene rings is 2. The van der Waals surface area contributed by atoms with Crippen molar-refractivity contribution < 1.29 is 9.53 Å². The molecule has 0 spiro atoms. The second kappa shape index (κ2) is 8.22. The van der Waals surface area contributed by atoms with Gasteiger partial charge in [-0.15, -0.1) is 0 Å². The Balaban J connectivity index is 1.39. The number of fused-ring (bicyclic) bond motifs is 1. The number of amides is 1. The van der Waals surface area contributed by atoms with E-state index >= 15 is 0 Å². The summed E-state index contributed by atoms with van der Waals surface area (Å²) >= 11 is 1.90. The number of thioether (sulfide) groups is 1. The third-order valence-corrected chi connectivity index (χ3v) is 4.98. The summed E-state index contributed by atoms with van der Waals surface area (Å²) in [5, 5.41) is 8.66. The van der Waals surface area contributed by atoms with Gasteiger partial charge in [0.25, 0.3) is 0 Å². The van der Waals surface area contributed by atoms with E-state index in [0.717, 1.165) is 29.2 Å². The Kier molecular flexibility index (Phi) is 5.77. The first-order chi connectivity index (χ1) is 11.3. The molecular weight excluding hydrogens is 308 g/mol. The van der Waals surface area contributed by atoms with E-state index < -0.39 is 0 Å². The van der Waals surface area contributed by atoms with Gasteiger partial charge in [0, 0.05) is 30.5 Å². The second-order valence-corrected chi connectivity index (χ2v) is 6.79. The van der Waals surface area contributed by atoms with Gasteiger partial charge >= 0.3 is 0 Å². The zero-order valence-electron chi connectivity index (χ0n) is 13.1.